The first-order chi connectivity index (χ1) is 12.5. The second kappa shape index (κ2) is 8.05. The molecule has 3 N–H and O–H groups in total. The molecule has 0 radical (unpaired) electrons. The van der Waals surface area contributed by atoms with E-state index in [1.54, 1.807) is 6.08 Å². The van der Waals surface area contributed by atoms with Crippen molar-refractivity contribution in [3.63, 3.8) is 0 Å². The number of allylic oxidation sites excluding steroid dienone is 1. The quantitative estimate of drug-likeness (QED) is 0.558. The second-order valence-corrected chi connectivity index (χ2v) is 8.09. The van der Waals surface area contributed by atoms with E-state index in [0.29, 0.717) is 22.3 Å². The van der Waals surface area contributed by atoms with E-state index in [0.717, 1.165) is 41.9 Å². The molecule has 0 saturated carbocycles. The molecule has 9 heteroatoms. The van der Waals surface area contributed by atoms with Gasteiger partial charge in [-0.25, -0.2) is 0 Å². The normalized spacial score (nSPS) is 13.3. The van der Waals surface area contributed by atoms with Gasteiger partial charge in [-0.05, 0) is 38.2 Å². The Kier molecular flexibility index (Phi) is 5.77. The van der Waals surface area contributed by atoms with Crippen molar-refractivity contribution in [2.75, 3.05) is 11.1 Å². The van der Waals surface area contributed by atoms with Crippen LogP contribution in [0.25, 0.3) is 0 Å². The predicted octanol–water partition coefficient (Wildman–Crippen LogP) is 2.54. The maximum absolute atomic E-state index is 12.4. The molecule has 2 aromatic rings. The van der Waals surface area contributed by atoms with Crippen LogP contribution in [0, 0.1) is 6.92 Å². The summed E-state index contributed by atoms with van der Waals surface area (Å²) >= 11 is 2.77. The van der Waals surface area contributed by atoms with Crippen LogP contribution in [-0.4, -0.2) is 32.3 Å². The highest BCUT2D eigenvalue weighted by molar-refractivity contribution is 7.99. The van der Waals surface area contributed by atoms with Crippen molar-refractivity contribution >= 4 is 39.9 Å². The first-order valence-electron chi connectivity index (χ1n) is 8.39. The molecular weight excluding hydrogens is 370 g/mol. The average Bonchev–Trinajstić information content (AvgIpc) is 3.14. The van der Waals surface area contributed by atoms with E-state index in [1.807, 2.05) is 11.5 Å². The first-order valence-corrected chi connectivity index (χ1v) is 10.2. The number of rotatable bonds is 7. The number of thiophene rings is 1. The summed E-state index contributed by atoms with van der Waals surface area (Å²) in [7, 11) is 0. The minimum absolute atomic E-state index is 0.177. The van der Waals surface area contributed by atoms with Crippen molar-refractivity contribution in [3.05, 3.63) is 34.5 Å². The predicted molar refractivity (Wildman–Crippen MR) is 104 cm³/mol. The van der Waals surface area contributed by atoms with Crippen LogP contribution < -0.4 is 11.1 Å². The van der Waals surface area contributed by atoms with Crippen molar-refractivity contribution in [2.24, 2.45) is 5.73 Å². The van der Waals surface area contributed by atoms with Gasteiger partial charge in [0.1, 0.15) is 10.8 Å². The summed E-state index contributed by atoms with van der Waals surface area (Å²) in [5.41, 5.74) is 7.05. The number of aryl methyl sites for hydroxylation is 2. The van der Waals surface area contributed by atoms with Gasteiger partial charge in [0.05, 0.1) is 11.3 Å². The molecule has 0 unspecified atom stereocenters. The second-order valence-electron chi connectivity index (χ2n) is 6.05. The van der Waals surface area contributed by atoms with Crippen molar-refractivity contribution < 1.29 is 9.59 Å². The lowest BCUT2D eigenvalue weighted by atomic mass is 9.95. The zero-order valence-electron chi connectivity index (χ0n) is 14.6. The molecule has 2 amide bonds. The number of aromatic nitrogens is 3. The third kappa shape index (κ3) is 3.83. The SMILES string of the molecule is C=CCn1c(C)nnc1SCC(=O)Nc1sc2c(c1C(N)=O)CCCC2. The highest BCUT2D eigenvalue weighted by atomic mass is 32.2. The van der Waals surface area contributed by atoms with Gasteiger partial charge in [-0.15, -0.1) is 28.1 Å². The smallest absolute Gasteiger partial charge is 0.251 e. The van der Waals surface area contributed by atoms with Gasteiger partial charge in [0.2, 0.25) is 5.91 Å². The van der Waals surface area contributed by atoms with Crippen molar-refractivity contribution in [1.82, 2.24) is 14.8 Å². The minimum Gasteiger partial charge on any atom is -0.365 e. The summed E-state index contributed by atoms with van der Waals surface area (Å²) in [6, 6.07) is 0. The van der Waals surface area contributed by atoms with E-state index < -0.39 is 5.91 Å². The van der Waals surface area contributed by atoms with Gasteiger partial charge in [-0.3, -0.25) is 9.59 Å². The third-order valence-corrected chi connectivity index (χ3v) is 6.39. The van der Waals surface area contributed by atoms with Gasteiger partial charge in [-0.2, -0.15) is 0 Å². The molecule has 0 saturated heterocycles. The first kappa shape index (κ1) is 18.7. The lowest BCUT2D eigenvalue weighted by Crippen LogP contribution is -2.19. The molecule has 26 heavy (non-hydrogen) atoms. The number of carbonyl (C=O) groups excluding carboxylic acids is 2. The number of primary amides is 1. The number of anilines is 1. The van der Waals surface area contributed by atoms with Crippen LogP contribution in [0.5, 0.6) is 0 Å². The zero-order valence-corrected chi connectivity index (χ0v) is 16.2. The molecule has 138 valence electrons. The van der Waals surface area contributed by atoms with E-state index in [9.17, 15) is 9.59 Å². The van der Waals surface area contributed by atoms with Gasteiger partial charge in [0.25, 0.3) is 5.91 Å². The van der Waals surface area contributed by atoms with E-state index >= 15 is 0 Å². The number of nitrogens with one attached hydrogen (secondary N) is 1. The molecule has 2 aromatic heterocycles. The van der Waals surface area contributed by atoms with Crippen molar-refractivity contribution in [2.45, 2.75) is 44.3 Å². The van der Waals surface area contributed by atoms with Gasteiger partial charge in [0.15, 0.2) is 5.16 Å². The number of hydrogen-bond donors (Lipinski definition) is 2. The number of nitrogens with zero attached hydrogens (tertiary/aromatic N) is 3. The fraction of sp³-hybridized carbons (Fsp3) is 0.412. The van der Waals surface area contributed by atoms with Crippen LogP contribution in [0.4, 0.5) is 5.00 Å². The minimum atomic E-state index is -0.478. The number of nitrogens with two attached hydrogens (primary N) is 1. The Morgan fingerprint density at radius 2 is 2.15 bits per heavy atom. The topological polar surface area (TPSA) is 103 Å². The number of thioether (sulfide) groups is 1. The monoisotopic (exact) mass is 391 g/mol. The summed E-state index contributed by atoms with van der Waals surface area (Å²) in [6.07, 6.45) is 5.70. The standard InChI is InChI=1S/C17H21N5O2S2/c1-3-8-22-10(2)20-21-17(22)25-9-13(23)19-16-14(15(18)24)11-6-4-5-7-12(11)26-16/h3H,1,4-9H2,2H3,(H2,18,24)(H,19,23). The van der Waals surface area contributed by atoms with Gasteiger partial charge in [0, 0.05) is 11.4 Å². The number of amides is 2. The molecular formula is C17H21N5O2S2. The summed E-state index contributed by atoms with van der Waals surface area (Å²) in [4.78, 5) is 25.4. The Labute approximate surface area is 160 Å². The summed E-state index contributed by atoms with van der Waals surface area (Å²) in [6.45, 7) is 6.17. The maximum atomic E-state index is 12.4. The summed E-state index contributed by atoms with van der Waals surface area (Å²) < 4.78 is 1.89. The Balaban J connectivity index is 1.70. The van der Waals surface area contributed by atoms with Crippen LogP contribution >= 0.6 is 23.1 Å². The van der Waals surface area contributed by atoms with Crippen LogP contribution in [0.2, 0.25) is 0 Å². The summed E-state index contributed by atoms with van der Waals surface area (Å²) in [5, 5.41) is 12.2. The molecule has 0 fully saturated rings. The van der Waals surface area contributed by atoms with Crippen LogP contribution in [0.3, 0.4) is 0 Å². The highest BCUT2D eigenvalue weighted by Gasteiger charge is 2.25. The van der Waals surface area contributed by atoms with Crippen LogP contribution in [0.15, 0.2) is 17.8 Å². The largest absolute Gasteiger partial charge is 0.365 e. The summed E-state index contributed by atoms with van der Waals surface area (Å²) in [5.74, 6) is 0.279. The molecule has 3 rings (SSSR count). The molecule has 1 aliphatic carbocycles. The van der Waals surface area contributed by atoms with E-state index in [-0.39, 0.29) is 11.7 Å². The highest BCUT2D eigenvalue weighted by Crippen LogP contribution is 2.38. The Morgan fingerprint density at radius 3 is 2.88 bits per heavy atom. The Morgan fingerprint density at radius 1 is 1.38 bits per heavy atom. The molecule has 2 heterocycles. The zero-order chi connectivity index (χ0) is 18.7. The fourth-order valence-corrected chi connectivity index (χ4v) is 5.12. The van der Waals surface area contributed by atoms with E-state index in [4.69, 9.17) is 5.73 Å². The average molecular weight is 392 g/mol. The molecule has 0 spiro atoms. The lowest BCUT2D eigenvalue weighted by Gasteiger charge is -2.11. The van der Waals surface area contributed by atoms with E-state index in [1.165, 1.54) is 23.1 Å². The molecule has 0 aliphatic heterocycles. The third-order valence-electron chi connectivity index (χ3n) is 4.22. The van der Waals surface area contributed by atoms with Gasteiger partial charge >= 0.3 is 0 Å². The molecule has 0 atom stereocenters. The van der Waals surface area contributed by atoms with Crippen LogP contribution in [0.1, 0.15) is 39.5 Å². The van der Waals surface area contributed by atoms with Gasteiger partial charge < -0.3 is 15.6 Å². The molecule has 1 aliphatic rings. The number of hydrogen-bond acceptors (Lipinski definition) is 6. The van der Waals surface area contributed by atoms with Gasteiger partial charge in [-0.1, -0.05) is 17.8 Å². The van der Waals surface area contributed by atoms with Crippen LogP contribution in [-0.2, 0) is 24.2 Å². The molecule has 0 aromatic carbocycles. The van der Waals surface area contributed by atoms with E-state index in [2.05, 4.69) is 22.1 Å². The Hall–Kier alpha value is -2.13. The lowest BCUT2D eigenvalue weighted by molar-refractivity contribution is -0.113. The molecule has 7 nitrogen and oxygen atoms in total. The number of carbonyl (C=O) groups is 2. The van der Waals surface area contributed by atoms with Crippen molar-refractivity contribution in [3.8, 4) is 0 Å². The fourth-order valence-electron chi connectivity index (χ4n) is 3.02. The Bertz CT molecular complexity index is 856. The maximum Gasteiger partial charge on any atom is 0.251 e. The number of fused-ring (bicyclic) bond motifs is 1. The van der Waals surface area contributed by atoms with Crippen molar-refractivity contribution in [1.29, 1.82) is 0 Å². The molecule has 0 bridgehead atoms.